The van der Waals surface area contributed by atoms with Crippen LogP contribution in [0.3, 0.4) is 0 Å². The minimum Gasteiger partial charge on any atom is -0.411 e. The number of nitrogens with two attached hydrogens (primary N) is 1. The van der Waals surface area contributed by atoms with Gasteiger partial charge in [0.05, 0.1) is 11.9 Å². The summed E-state index contributed by atoms with van der Waals surface area (Å²) in [5.41, 5.74) is 10.6. The van der Waals surface area contributed by atoms with E-state index >= 15 is 0 Å². The molecule has 3 rings (SSSR count). The molecule has 0 aliphatic carbocycles. The van der Waals surface area contributed by atoms with Crippen LogP contribution in [-0.4, -0.2) is 34.6 Å². The number of hydrogen-bond donors (Lipinski definition) is 1. The Bertz CT molecular complexity index is 774. The Morgan fingerprint density at radius 1 is 1.33 bits per heavy atom. The molecule has 7 heteroatoms. The van der Waals surface area contributed by atoms with Crippen LogP contribution in [0.25, 0.3) is 11.3 Å². The summed E-state index contributed by atoms with van der Waals surface area (Å²) in [6.07, 6.45) is -0.888. The molecule has 24 heavy (non-hydrogen) atoms. The largest absolute Gasteiger partial charge is 0.411 e. The second-order valence-corrected chi connectivity index (χ2v) is 6.27. The molecule has 0 atom stereocenters. The summed E-state index contributed by atoms with van der Waals surface area (Å²) in [6.45, 7) is 4.57. The zero-order valence-electron chi connectivity index (χ0n) is 13.9. The second kappa shape index (κ2) is 5.98. The summed E-state index contributed by atoms with van der Waals surface area (Å²) >= 11 is 0. The van der Waals surface area contributed by atoms with E-state index in [-0.39, 0.29) is 11.7 Å². The topological polar surface area (TPSA) is 64.3 Å². The first-order valence-corrected chi connectivity index (χ1v) is 7.73. The number of rotatable bonds is 3. The van der Waals surface area contributed by atoms with Crippen LogP contribution in [0.4, 0.5) is 14.6 Å². The minimum absolute atomic E-state index is 0.158. The van der Waals surface area contributed by atoms with Crippen molar-refractivity contribution in [3.63, 3.8) is 0 Å². The van der Waals surface area contributed by atoms with Crippen molar-refractivity contribution in [1.82, 2.24) is 14.9 Å². The van der Waals surface area contributed by atoms with Gasteiger partial charge in [0.2, 0.25) is 0 Å². The van der Waals surface area contributed by atoms with E-state index in [1.54, 1.807) is 0 Å². The predicted octanol–water partition coefficient (Wildman–Crippen LogP) is 3.01. The number of aromatic nitrogens is 2. The van der Waals surface area contributed by atoms with Gasteiger partial charge in [-0.05, 0) is 49.2 Å². The molecule has 2 heterocycles. The minimum atomic E-state index is -3.37. The number of aryl methyl sites for hydroxylation is 1. The fourth-order valence-corrected chi connectivity index (χ4v) is 2.97. The summed E-state index contributed by atoms with van der Waals surface area (Å²) < 4.78 is 30.7. The Kier molecular flexibility index (Phi) is 4.13. The van der Waals surface area contributed by atoms with Crippen LogP contribution in [0.2, 0.25) is 0 Å². The van der Waals surface area contributed by atoms with E-state index in [2.05, 4.69) is 33.6 Å². The molecule has 2 aromatic rings. The van der Waals surface area contributed by atoms with E-state index in [1.165, 1.54) is 17.3 Å². The molecule has 1 aliphatic rings. The van der Waals surface area contributed by atoms with Gasteiger partial charge in [-0.2, -0.15) is 8.78 Å². The molecular weight excluding hydrogens is 314 g/mol. The highest BCUT2D eigenvalue weighted by Gasteiger charge is 2.26. The van der Waals surface area contributed by atoms with E-state index < -0.39 is 6.11 Å². The number of likely N-dealkylation sites (N-methyl/N-ethyl adjacent to an activating group) is 1. The molecule has 0 bridgehead atoms. The van der Waals surface area contributed by atoms with Crippen LogP contribution in [0.15, 0.2) is 18.3 Å². The standard InChI is InChI=1S/C17H20F2N4O/c1-10-6-11(7-12-9-23(3)5-4-13(10)12)14-8-21-15(20)16(22-14)24-17(2,18)19/h6-8H,4-5,9H2,1-3H3,(H2,20,21). The van der Waals surface area contributed by atoms with Gasteiger partial charge in [-0.3, -0.25) is 0 Å². The van der Waals surface area contributed by atoms with E-state index in [0.29, 0.717) is 12.6 Å². The van der Waals surface area contributed by atoms with Crippen molar-refractivity contribution >= 4 is 5.82 Å². The maximum absolute atomic E-state index is 13.1. The van der Waals surface area contributed by atoms with Crippen molar-refractivity contribution in [1.29, 1.82) is 0 Å². The van der Waals surface area contributed by atoms with Crippen LogP contribution in [0, 0.1) is 6.92 Å². The number of fused-ring (bicyclic) bond motifs is 1. The van der Waals surface area contributed by atoms with Gasteiger partial charge in [0.15, 0.2) is 5.82 Å². The molecule has 0 fully saturated rings. The number of hydrogen-bond acceptors (Lipinski definition) is 5. The third-order valence-electron chi connectivity index (χ3n) is 4.09. The van der Waals surface area contributed by atoms with Gasteiger partial charge in [0.1, 0.15) is 0 Å². The Morgan fingerprint density at radius 2 is 2.08 bits per heavy atom. The molecule has 2 N–H and O–H groups in total. The molecule has 0 saturated heterocycles. The Labute approximate surface area is 139 Å². The second-order valence-electron chi connectivity index (χ2n) is 6.27. The molecule has 128 valence electrons. The van der Waals surface area contributed by atoms with Crippen molar-refractivity contribution in [3.05, 3.63) is 35.0 Å². The van der Waals surface area contributed by atoms with Gasteiger partial charge in [-0.15, -0.1) is 0 Å². The maximum atomic E-state index is 13.1. The lowest BCUT2D eigenvalue weighted by molar-refractivity contribution is -0.160. The van der Waals surface area contributed by atoms with E-state index in [1.807, 2.05) is 12.1 Å². The highest BCUT2D eigenvalue weighted by atomic mass is 19.3. The van der Waals surface area contributed by atoms with Gasteiger partial charge in [-0.25, -0.2) is 9.97 Å². The Hall–Kier alpha value is -2.28. The van der Waals surface area contributed by atoms with Crippen molar-refractivity contribution in [2.75, 3.05) is 19.3 Å². The Morgan fingerprint density at radius 3 is 2.79 bits per heavy atom. The first-order chi connectivity index (χ1) is 11.2. The molecule has 0 unspecified atom stereocenters. The van der Waals surface area contributed by atoms with Gasteiger partial charge >= 0.3 is 6.11 Å². The van der Waals surface area contributed by atoms with E-state index in [4.69, 9.17) is 5.73 Å². The SMILES string of the molecule is Cc1cc(-c2cnc(N)c(OC(C)(F)F)n2)cc2c1CCN(C)C2. The lowest BCUT2D eigenvalue weighted by Crippen LogP contribution is -2.27. The third-order valence-corrected chi connectivity index (χ3v) is 4.09. The lowest BCUT2D eigenvalue weighted by Gasteiger charge is -2.27. The summed E-state index contributed by atoms with van der Waals surface area (Å²) in [5.74, 6) is -0.512. The summed E-state index contributed by atoms with van der Waals surface area (Å²) in [6, 6.07) is 4.03. The molecule has 0 radical (unpaired) electrons. The maximum Gasteiger partial charge on any atom is 0.396 e. The van der Waals surface area contributed by atoms with Crippen LogP contribution >= 0.6 is 0 Å². The molecule has 1 aromatic carbocycles. The summed E-state index contributed by atoms with van der Waals surface area (Å²) in [7, 11) is 2.07. The van der Waals surface area contributed by atoms with E-state index in [9.17, 15) is 8.78 Å². The molecule has 5 nitrogen and oxygen atoms in total. The quantitative estimate of drug-likeness (QED) is 0.935. The first kappa shape index (κ1) is 16.6. The zero-order valence-corrected chi connectivity index (χ0v) is 13.9. The molecular formula is C17H20F2N4O. The molecule has 0 amide bonds. The number of halogens is 2. The lowest BCUT2D eigenvalue weighted by atomic mass is 9.92. The van der Waals surface area contributed by atoms with Crippen molar-refractivity contribution in [2.45, 2.75) is 32.9 Å². The molecule has 0 spiro atoms. The number of alkyl halides is 2. The average molecular weight is 334 g/mol. The zero-order chi connectivity index (χ0) is 17.5. The van der Waals surface area contributed by atoms with Crippen LogP contribution in [0.5, 0.6) is 5.88 Å². The van der Waals surface area contributed by atoms with Crippen molar-refractivity contribution in [3.8, 4) is 17.1 Å². The fraction of sp³-hybridized carbons (Fsp3) is 0.412. The number of anilines is 1. The summed E-state index contributed by atoms with van der Waals surface area (Å²) in [5, 5.41) is 0. The fourth-order valence-electron chi connectivity index (χ4n) is 2.97. The Balaban J connectivity index is 2.02. The predicted molar refractivity (Wildman–Crippen MR) is 87.9 cm³/mol. The normalized spacial score (nSPS) is 15.2. The average Bonchev–Trinajstić information content (AvgIpc) is 2.47. The smallest absolute Gasteiger partial charge is 0.396 e. The van der Waals surface area contributed by atoms with Crippen LogP contribution < -0.4 is 10.5 Å². The van der Waals surface area contributed by atoms with Gasteiger partial charge in [0.25, 0.3) is 5.88 Å². The van der Waals surface area contributed by atoms with Crippen molar-refractivity contribution in [2.24, 2.45) is 0 Å². The number of ether oxygens (including phenoxy) is 1. The van der Waals surface area contributed by atoms with Gasteiger partial charge in [0, 0.05) is 25.6 Å². The molecule has 0 saturated carbocycles. The van der Waals surface area contributed by atoms with Gasteiger partial charge < -0.3 is 15.4 Å². The number of benzene rings is 1. The van der Waals surface area contributed by atoms with Gasteiger partial charge in [-0.1, -0.05) is 0 Å². The summed E-state index contributed by atoms with van der Waals surface area (Å²) in [4.78, 5) is 10.3. The number of nitrogens with zero attached hydrogens (tertiary/aromatic N) is 3. The molecule has 1 aromatic heterocycles. The monoisotopic (exact) mass is 334 g/mol. The van der Waals surface area contributed by atoms with E-state index in [0.717, 1.165) is 30.6 Å². The first-order valence-electron chi connectivity index (χ1n) is 7.73. The number of nitrogen functional groups attached to an aromatic ring is 1. The highest BCUT2D eigenvalue weighted by Crippen LogP contribution is 2.30. The van der Waals surface area contributed by atoms with Crippen LogP contribution in [-0.2, 0) is 13.0 Å². The third kappa shape index (κ3) is 3.46. The highest BCUT2D eigenvalue weighted by molar-refractivity contribution is 5.64. The van der Waals surface area contributed by atoms with Crippen LogP contribution in [0.1, 0.15) is 23.6 Å². The van der Waals surface area contributed by atoms with Crippen molar-refractivity contribution < 1.29 is 13.5 Å². The molecule has 1 aliphatic heterocycles.